The molecule has 0 bridgehead atoms. The van der Waals surface area contributed by atoms with Crippen LogP contribution in [0.25, 0.3) is 0 Å². The molecule has 0 atom stereocenters. The van der Waals surface area contributed by atoms with Crippen molar-refractivity contribution in [3.63, 3.8) is 0 Å². The van der Waals surface area contributed by atoms with Crippen molar-refractivity contribution in [1.82, 2.24) is 10.2 Å². The summed E-state index contributed by atoms with van der Waals surface area (Å²) in [5.74, 6) is -0.526. The van der Waals surface area contributed by atoms with Gasteiger partial charge in [-0.15, -0.1) is 0 Å². The molecule has 0 radical (unpaired) electrons. The monoisotopic (exact) mass is 389 g/mol. The first-order valence-corrected chi connectivity index (χ1v) is 10.5. The Labute approximate surface area is 167 Å². The molecule has 1 aliphatic carbocycles. The smallest absolute Gasteiger partial charge is 0.237 e. The zero-order valence-electron chi connectivity index (χ0n) is 17.0. The molecule has 3 rings (SSSR count). The summed E-state index contributed by atoms with van der Waals surface area (Å²) >= 11 is 0. The average Bonchev–Trinajstić information content (AvgIpc) is 2.97. The van der Waals surface area contributed by atoms with Gasteiger partial charge in [-0.2, -0.15) is 0 Å². The lowest BCUT2D eigenvalue weighted by Crippen LogP contribution is -2.56. The largest absolute Gasteiger partial charge is 0.368 e. The highest BCUT2D eigenvalue weighted by molar-refractivity contribution is 6.04. The van der Waals surface area contributed by atoms with E-state index in [-0.39, 0.29) is 23.7 Å². The van der Waals surface area contributed by atoms with Crippen LogP contribution in [0.1, 0.15) is 52.4 Å². The van der Waals surface area contributed by atoms with E-state index in [1.54, 1.807) is 30.9 Å². The molecule has 28 heavy (non-hydrogen) atoms. The van der Waals surface area contributed by atoms with E-state index in [9.17, 15) is 14.0 Å². The molecule has 0 aromatic heterocycles. The molecule has 0 spiro atoms. The molecular formula is C22H32FN3O2. The van der Waals surface area contributed by atoms with E-state index in [1.165, 1.54) is 25.0 Å². The highest BCUT2D eigenvalue weighted by Gasteiger charge is 2.40. The van der Waals surface area contributed by atoms with Crippen LogP contribution in [0.4, 0.5) is 10.1 Å². The third kappa shape index (κ3) is 4.83. The Kier molecular flexibility index (Phi) is 6.57. The van der Waals surface area contributed by atoms with Crippen molar-refractivity contribution in [3.05, 3.63) is 30.1 Å². The van der Waals surface area contributed by atoms with E-state index in [4.69, 9.17) is 0 Å². The highest BCUT2D eigenvalue weighted by atomic mass is 19.1. The Bertz CT molecular complexity index is 674. The summed E-state index contributed by atoms with van der Waals surface area (Å²) in [4.78, 5) is 29.8. The van der Waals surface area contributed by atoms with Crippen molar-refractivity contribution in [2.24, 2.45) is 5.41 Å². The molecule has 1 N–H and O–H groups in total. The number of hydrogen-bond donors (Lipinski definition) is 1. The minimum Gasteiger partial charge on any atom is -0.368 e. The van der Waals surface area contributed by atoms with Crippen LogP contribution < -0.4 is 10.2 Å². The molecule has 2 aliphatic rings. The van der Waals surface area contributed by atoms with E-state index >= 15 is 0 Å². The number of rotatable bonds is 4. The molecule has 154 valence electrons. The Morgan fingerprint density at radius 2 is 1.54 bits per heavy atom. The van der Waals surface area contributed by atoms with Crippen LogP contribution in [0.3, 0.4) is 0 Å². The maximum atomic E-state index is 13.1. The molecule has 1 saturated heterocycles. The van der Waals surface area contributed by atoms with Gasteiger partial charge < -0.3 is 15.1 Å². The van der Waals surface area contributed by atoms with Gasteiger partial charge in [0, 0.05) is 37.9 Å². The van der Waals surface area contributed by atoms with Crippen molar-refractivity contribution in [3.8, 4) is 0 Å². The summed E-state index contributed by atoms with van der Waals surface area (Å²) in [7, 11) is 0. The first kappa shape index (κ1) is 20.6. The van der Waals surface area contributed by atoms with Crippen LogP contribution >= 0.6 is 0 Å². The standard InChI is InChI=1S/C22H32FN3O2/c1-22(2,20(27)24-18-7-5-3-4-6-8-18)21(28)26-15-13-25(14-16-26)19-11-9-17(23)10-12-19/h9-12,18H,3-8,13-16H2,1-2H3,(H,24,27). The Balaban J connectivity index is 1.55. The number of carbonyl (C=O) groups is 2. The summed E-state index contributed by atoms with van der Waals surface area (Å²) in [5, 5.41) is 3.13. The topological polar surface area (TPSA) is 52.7 Å². The van der Waals surface area contributed by atoms with Gasteiger partial charge in [0.25, 0.3) is 0 Å². The van der Waals surface area contributed by atoms with Crippen molar-refractivity contribution in [2.75, 3.05) is 31.1 Å². The molecule has 2 fully saturated rings. The minimum atomic E-state index is -1.07. The van der Waals surface area contributed by atoms with Crippen molar-refractivity contribution in [2.45, 2.75) is 58.4 Å². The predicted octanol–water partition coefficient (Wildman–Crippen LogP) is 3.34. The van der Waals surface area contributed by atoms with E-state index in [0.29, 0.717) is 26.2 Å². The Morgan fingerprint density at radius 3 is 2.11 bits per heavy atom. The third-order valence-electron chi connectivity index (χ3n) is 6.05. The van der Waals surface area contributed by atoms with E-state index < -0.39 is 5.41 Å². The van der Waals surface area contributed by atoms with Crippen LogP contribution in [-0.2, 0) is 9.59 Å². The van der Waals surface area contributed by atoms with Gasteiger partial charge in [-0.25, -0.2) is 4.39 Å². The molecule has 5 nitrogen and oxygen atoms in total. The second kappa shape index (κ2) is 8.93. The summed E-state index contributed by atoms with van der Waals surface area (Å²) in [5.41, 5.74) is -0.108. The molecule has 6 heteroatoms. The van der Waals surface area contributed by atoms with Crippen molar-refractivity contribution in [1.29, 1.82) is 0 Å². The number of halogens is 1. The average molecular weight is 390 g/mol. The highest BCUT2D eigenvalue weighted by Crippen LogP contribution is 2.24. The number of nitrogens with one attached hydrogen (secondary N) is 1. The lowest BCUT2D eigenvalue weighted by Gasteiger charge is -2.39. The van der Waals surface area contributed by atoms with Crippen LogP contribution in [0.5, 0.6) is 0 Å². The van der Waals surface area contributed by atoms with Gasteiger partial charge in [0.2, 0.25) is 11.8 Å². The van der Waals surface area contributed by atoms with Gasteiger partial charge in [0.1, 0.15) is 11.2 Å². The number of piperazine rings is 1. The van der Waals surface area contributed by atoms with E-state index in [1.807, 2.05) is 0 Å². The Hall–Kier alpha value is -2.11. The molecule has 1 saturated carbocycles. The number of amides is 2. The summed E-state index contributed by atoms with van der Waals surface area (Å²) in [6.45, 7) is 5.95. The lowest BCUT2D eigenvalue weighted by molar-refractivity contribution is -0.149. The van der Waals surface area contributed by atoms with Gasteiger partial charge in [0.15, 0.2) is 0 Å². The number of nitrogens with zero attached hydrogens (tertiary/aromatic N) is 2. The van der Waals surface area contributed by atoms with Gasteiger partial charge >= 0.3 is 0 Å². The zero-order valence-corrected chi connectivity index (χ0v) is 17.0. The maximum Gasteiger partial charge on any atom is 0.237 e. The molecular weight excluding hydrogens is 357 g/mol. The molecule has 1 aromatic rings. The van der Waals surface area contributed by atoms with Gasteiger partial charge in [0.05, 0.1) is 0 Å². The van der Waals surface area contributed by atoms with Crippen LogP contribution in [0.15, 0.2) is 24.3 Å². The SMILES string of the molecule is CC(C)(C(=O)NC1CCCCCC1)C(=O)N1CCN(c2ccc(F)cc2)CC1. The molecule has 1 aliphatic heterocycles. The minimum absolute atomic E-state index is 0.114. The van der Waals surface area contributed by atoms with Gasteiger partial charge in [-0.05, 0) is 51.0 Å². The first-order valence-electron chi connectivity index (χ1n) is 10.5. The van der Waals surface area contributed by atoms with Gasteiger partial charge in [-0.1, -0.05) is 25.7 Å². The van der Waals surface area contributed by atoms with Gasteiger partial charge in [-0.3, -0.25) is 9.59 Å². The second-order valence-electron chi connectivity index (χ2n) is 8.54. The van der Waals surface area contributed by atoms with Crippen LogP contribution in [-0.4, -0.2) is 48.9 Å². The number of anilines is 1. The predicted molar refractivity (Wildman–Crippen MR) is 109 cm³/mol. The zero-order chi connectivity index (χ0) is 20.1. The Morgan fingerprint density at radius 1 is 0.964 bits per heavy atom. The van der Waals surface area contributed by atoms with Crippen molar-refractivity contribution < 1.29 is 14.0 Å². The fraction of sp³-hybridized carbons (Fsp3) is 0.636. The second-order valence-corrected chi connectivity index (χ2v) is 8.54. The van der Waals surface area contributed by atoms with Crippen LogP contribution in [0, 0.1) is 11.2 Å². The number of carbonyl (C=O) groups excluding carboxylic acids is 2. The van der Waals surface area contributed by atoms with Crippen LogP contribution in [0.2, 0.25) is 0 Å². The lowest BCUT2D eigenvalue weighted by atomic mass is 9.89. The quantitative estimate of drug-likeness (QED) is 0.635. The number of hydrogen-bond acceptors (Lipinski definition) is 3. The summed E-state index contributed by atoms with van der Waals surface area (Å²) < 4.78 is 13.1. The molecule has 1 heterocycles. The molecule has 2 amide bonds. The first-order chi connectivity index (χ1) is 13.4. The number of benzene rings is 1. The molecule has 1 aromatic carbocycles. The third-order valence-corrected chi connectivity index (χ3v) is 6.05. The maximum absolute atomic E-state index is 13.1. The molecule has 0 unspecified atom stereocenters. The van der Waals surface area contributed by atoms with E-state index in [2.05, 4.69) is 10.2 Å². The fourth-order valence-corrected chi connectivity index (χ4v) is 4.10. The fourth-order valence-electron chi connectivity index (χ4n) is 4.10. The van der Waals surface area contributed by atoms with E-state index in [0.717, 1.165) is 31.4 Å². The summed E-state index contributed by atoms with van der Waals surface area (Å²) in [6, 6.07) is 6.62. The summed E-state index contributed by atoms with van der Waals surface area (Å²) in [6.07, 6.45) is 6.76. The normalized spacial score (nSPS) is 19.2. The van der Waals surface area contributed by atoms with Crippen molar-refractivity contribution >= 4 is 17.5 Å².